The first kappa shape index (κ1) is 14.5. The topological polar surface area (TPSA) is 126 Å². The number of phenolic OH excluding ortho intramolecular Hbond substituents is 3. The highest BCUT2D eigenvalue weighted by molar-refractivity contribution is 5.95. The van der Waals surface area contributed by atoms with Gasteiger partial charge in [0.05, 0.1) is 5.56 Å². The van der Waals surface area contributed by atoms with Gasteiger partial charge in [0, 0.05) is 5.39 Å². The maximum absolute atomic E-state index is 12.2. The van der Waals surface area contributed by atoms with Gasteiger partial charge in [-0.15, -0.1) is 0 Å². The number of para-hydroxylation sites is 1. The number of rotatable bonds is 2. The lowest BCUT2D eigenvalue weighted by Crippen LogP contribution is -2.09. The van der Waals surface area contributed by atoms with Crippen LogP contribution in [0.15, 0.2) is 42.5 Å². The highest BCUT2D eigenvalue weighted by Crippen LogP contribution is 2.36. The Morgan fingerprint density at radius 3 is 2.43 bits per heavy atom. The average molecular weight is 312 g/mol. The molecule has 116 valence electrons. The van der Waals surface area contributed by atoms with Crippen molar-refractivity contribution in [2.45, 2.75) is 0 Å². The zero-order chi connectivity index (χ0) is 16.6. The molecule has 23 heavy (non-hydrogen) atoms. The number of benzene rings is 2. The van der Waals surface area contributed by atoms with Crippen molar-refractivity contribution in [1.82, 2.24) is 4.98 Å². The summed E-state index contributed by atoms with van der Waals surface area (Å²) >= 11 is 0. The first-order valence-corrected chi connectivity index (χ1v) is 6.58. The minimum absolute atomic E-state index is 0.126. The Bertz CT molecular complexity index is 900. The fraction of sp³-hybridized carbons (Fsp3) is 0. The van der Waals surface area contributed by atoms with Gasteiger partial charge in [0.15, 0.2) is 23.0 Å². The van der Waals surface area contributed by atoms with Gasteiger partial charge in [-0.25, -0.2) is 9.78 Å². The van der Waals surface area contributed by atoms with Crippen LogP contribution in [0.3, 0.4) is 0 Å². The molecule has 0 unspecified atom stereocenters. The standard InChI is InChI=1S/C16H12N2O5/c17-13-5-4-8-2-1-3-12(14(8)18-13)23-16(22)9-6-10(19)15(21)11(20)7-9/h1-7,19-21H,(H2,17,18). The van der Waals surface area contributed by atoms with Crippen LogP contribution in [0, 0.1) is 0 Å². The van der Waals surface area contributed by atoms with E-state index in [1.165, 1.54) is 0 Å². The zero-order valence-electron chi connectivity index (χ0n) is 11.7. The summed E-state index contributed by atoms with van der Waals surface area (Å²) in [5.74, 6) is -2.32. The van der Waals surface area contributed by atoms with E-state index in [0.29, 0.717) is 5.52 Å². The van der Waals surface area contributed by atoms with Crippen LogP contribution in [-0.2, 0) is 0 Å². The highest BCUT2D eigenvalue weighted by Gasteiger charge is 2.16. The summed E-state index contributed by atoms with van der Waals surface area (Å²) in [5.41, 5.74) is 5.93. The number of hydrogen-bond donors (Lipinski definition) is 4. The number of carbonyl (C=O) groups is 1. The van der Waals surface area contributed by atoms with Gasteiger partial charge in [0.1, 0.15) is 11.3 Å². The predicted molar refractivity (Wildman–Crippen MR) is 82.6 cm³/mol. The number of carbonyl (C=O) groups excluding carboxylic acids is 1. The molecule has 7 nitrogen and oxygen atoms in total. The van der Waals surface area contributed by atoms with E-state index in [1.54, 1.807) is 30.3 Å². The number of aromatic hydroxyl groups is 3. The monoisotopic (exact) mass is 312 g/mol. The number of phenols is 3. The third kappa shape index (κ3) is 2.67. The lowest BCUT2D eigenvalue weighted by atomic mass is 10.1. The number of anilines is 1. The smallest absolute Gasteiger partial charge is 0.343 e. The zero-order valence-corrected chi connectivity index (χ0v) is 11.7. The molecule has 0 atom stereocenters. The Hall–Kier alpha value is -3.48. The van der Waals surface area contributed by atoms with Crippen molar-refractivity contribution < 1.29 is 24.9 Å². The molecule has 3 aromatic rings. The molecule has 0 saturated carbocycles. The molecule has 1 aromatic heterocycles. The molecule has 0 saturated heterocycles. The molecule has 0 spiro atoms. The fourth-order valence-corrected chi connectivity index (χ4v) is 2.10. The van der Waals surface area contributed by atoms with Crippen LogP contribution in [-0.4, -0.2) is 26.3 Å². The number of aromatic nitrogens is 1. The van der Waals surface area contributed by atoms with Gasteiger partial charge in [0.25, 0.3) is 0 Å². The number of nitrogen functional groups attached to an aromatic ring is 1. The second-order valence-electron chi connectivity index (χ2n) is 4.82. The lowest BCUT2D eigenvalue weighted by molar-refractivity contribution is 0.0735. The summed E-state index contributed by atoms with van der Waals surface area (Å²) in [6, 6.07) is 10.4. The maximum Gasteiger partial charge on any atom is 0.343 e. The van der Waals surface area contributed by atoms with Crippen molar-refractivity contribution in [3.05, 3.63) is 48.0 Å². The maximum atomic E-state index is 12.2. The number of nitrogens with zero attached hydrogens (tertiary/aromatic N) is 1. The minimum Gasteiger partial charge on any atom is -0.504 e. The molecule has 3 rings (SSSR count). The van der Waals surface area contributed by atoms with Gasteiger partial charge in [0.2, 0.25) is 0 Å². The average Bonchev–Trinajstić information content (AvgIpc) is 2.52. The van der Waals surface area contributed by atoms with Crippen LogP contribution in [0.1, 0.15) is 10.4 Å². The largest absolute Gasteiger partial charge is 0.504 e. The van der Waals surface area contributed by atoms with E-state index in [-0.39, 0.29) is 17.1 Å². The SMILES string of the molecule is Nc1ccc2cccc(OC(=O)c3cc(O)c(O)c(O)c3)c2n1. The van der Waals surface area contributed by atoms with E-state index >= 15 is 0 Å². The van der Waals surface area contributed by atoms with Crippen molar-refractivity contribution in [2.75, 3.05) is 5.73 Å². The van der Waals surface area contributed by atoms with Gasteiger partial charge in [-0.2, -0.15) is 0 Å². The molecule has 0 radical (unpaired) electrons. The Labute approximate surface area is 130 Å². The summed E-state index contributed by atoms with van der Waals surface area (Å²) in [4.78, 5) is 16.3. The molecule has 0 aliphatic carbocycles. The predicted octanol–water partition coefficient (Wildman–Crippen LogP) is 2.15. The first-order chi connectivity index (χ1) is 11.0. The van der Waals surface area contributed by atoms with Crippen molar-refractivity contribution in [1.29, 1.82) is 0 Å². The number of hydrogen-bond acceptors (Lipinski definition) is 7. The number of nitrogens with two attached hydrogens (primary N) is 1. The van der Waals surface area contributed by atoms with Crippen LogP contribution in [0.2, 0.25) is 0 Å². The Kier molecular flexibility index (Phi) is 3.38. The van der Waals surface area contributed by atoms with E-state index in [4.69, 9.17) is 10.5 Å². The molecule has 0 aliphatic rings. The second kappa shape index (κ2) is 5.38. The van der Waals surface area contributed by atoms with Crippen molar-refractivity contribution in [2.24, 2.45) is 0 Å². The van der Waals surface area contributed by atoms with Crippen LogP contribution in [0.5, 0.6) is 23.0 Å². The number of fused-ring (bicyclic) bond motifs is 1. The van der Waals surface area contributed by atoms with Gasteiger partial charge in [-0.05, 0) is 30.3 Å². The molecule has 5 N–H and O–H groups in total. The van der Waals surface area contributed by atoms with Crippen LogP contribution >= 0.6 is 0 Å². The van der Waals surface area contributed by atoms with Crippen molar-refractivity contribution in [3.63, 3.8) is 0 Å². The van der Waals surface area contributed by atoms with Crippen LogP contribution in [0.4, 0.5) is 5.82 Å². The van der Waals surface area contributed by atoms with Gasteiger partial charge < -0.3 is 25.8 Å². The van der Waals surface area contributed by atoms with E-state index in [9.17, 15) is 20.1 Å². The molecule has 0 bridgehead atoms. The summed E-state index contributed by atoms with van der Waals surface area (Å²) < 4.78 is 5.26. The third-order valence-electron chi connectivity index (χ3n) is 3.21. The number of ether oxygens (including phenoxy) is 1. The second-order valence-corrected chi connectivity index (χ2v) is 4.82. The van der Waals surface area contributed by atoms with Gasteiger partial charge in [-0.3, -0.25) is 0 Å². The van der Waals surface area contributed by atoms with Crippen LogP contribution < -0.4 is 10.5 Å². The minimum atomic E-state index is -0.827. The summed E-state index contributed by atoms with van der Waals surface area (Å²) in [6.45, 7) is 0. The molecule has 0 fully saturated rings. The lowest BCUT2D eigenvalue weighted by Gasteiger charge is -2.09. The van der Waals surface area contributed by atoms with Gasteiger partial charge in [-0.1, -0.05) is 12.1 Å². The summed E-state index contributed by atoms with van der Waals surface area (Å²) in [7, 11) is 0. The van der Waals surface area contributed by atoms with Crippen LogP contribution in [0.25, 0.3) is 10.9 Å². The highest BCUT2D eigenvalue weighted by atomic mass is 16.5. The molecule has 0 amide bonds. The number of pyridine rings is 1. The van der Waals surface area contributed by atoms with E-state index < -0.39 is 23.2 Å². The number of esters is 1. The first-order valence-electron chi connectivity index (χ1n) is 6.58. The molecular weight excluding hydrogens is 300 g/mol. The Balaban J connectivity index is 1.99. The summed E-state index contributed by atoms with van der Waals surface area (Å²) in [6.07, 6.45) is 0. The fourth-order valence-electron chi connectivity index (χ4n) is 2.10. The molecule has 1 heterocycles. The van der Waals surface area contributed by atoms with E-state index in [2.05, 4.69) is 4.98 Å². The van der Waals surface area contributed by atoms with Gasteiger partial charge >= 0.3 is 5.97 Å². The molecular formula is C16H12N2O5. The quantitative estimate of drug-likeness (QED) is 0.324. The third-order valence-corrected chi connectivity index (χ3v) is 3.21. The Morgan fingerprint density at radius 2 is 1.74 bits per heavy atom. The molecule has 7 heteroatoms. The van der Waals surface area contributed by atoms with E-state index in [0.717, 1.165) is 17.5 Å². The van der Waals surface area contributed by atoms with Crippen molar-refractivity contribution >= 4 is 22.7 Å². The molecule has 2 aromatic carbocycles. The summed E-state index contributed by atoms with van der Waals surface area (Å²) in [5, 5.41) is 28.9. The molecule has 0 aliphatic heterocycles. The Morgan fingerprint density at radius 1 is 1.04 bits per heavy atom. The normalized spacial score (nSPS) is 10.6. The van der Waals surface area contributed by atoms with E-state index in [1.807, 2.05) is 0 Å². The van der Waals surface area contributed by atoms with Crippen molar-refractivity contribution in [3.8, 4) is 23.0 Å².